The molecule has 4 heteroatoms. The highest BCUT2D eigenvalue weighted by Gasteiger charge is 2.10. The second-order valence-electron chi connectivity index (χ2n) is 7.16. The van der Waals surface area contributed by atoms with Crippen molar-refractivity contribution in [2.75, 3.05) is 31.6 Å². The Labute approximate surface area is 162 Å². The Balaban J connectivity index is 1.42. The number of amides is 1. The number of ether oxygens (including phenoxy) is 1. The first-order chi connectivity index (χ1) is 13.3. The third-order valence-corrected chi connectivity index (χ3v) is 5.17. The van der Waals surface area contributed by atoms with Gasteiger partial charge in [0.1, 0.15) is 5.75 Å². The van der Waals surface area contributed by atoms with Gasteiger partial charge in [-0.1, -0.05) is 31.0 Å². The number of benzene rings is 2. The van der Waals surface area contributed by atoms with E-state index in [1.165, 1.54) is 50.0 Å². The molecule has 0 saturated carbocycles. The Morgan fingerprint density at radius 1 is 1.04 bits per heavy atom. The molecule has 1 aliphatic rings. The number of methoxy groups -OCH3 is 1. The third-order valence-electron chi connectivity index (χ3n) is 5.17. The summed E-state index contributed by atoms with van der Waals surface area (Å²) >= 11 is 0. The van der Waals surface area contributed by atoms with Gasteiger partial charge < -0.3 is 15.0 Å². The van der Waals surface area contributed by atoms with E-state index in [4.69, 9.17) is 4.74 Å². The van der Waals surface area contributed by atoms with Crippen molar-refractivity contribution in [3.63, 3.8) is 0 Å². The highest BCUT2D eigenvalue weighted by molar-refractivity contribution is 5.94. The molecule has 0 bridgehead atoms. The molecule has 1 N–H and O–H groups in total. The van der Waals surface area contributed by atoms with Gasteiger partial charge in [-0.25, -0.2) is 0 Å². The number of hydrogen-bond donors (Lipinski definition) is 1. The van der Waals surface area contributed by atoms with Crippen molar-refractivity contribution in [3.05, 3.63) is 59.7 Å². The summed E-state index contributed by atoms with van der Waals surface area (Å²) in [7, 11) is 1.61. The maximum Gasteiger partial charge on any atom is 0.251 e. The van der Waals surface area contributed by atoms with E-state index in [1.54, 1.807) is 19.2 Å². The van der Waals surface area contributed by atoms with Gasteiger partial charge >= 0.3 is 0 Å². The maximum absolute atomic E-state index is 12.2. The number of nitrogens with zero attached hydrogens (tertiary/aromatic N) is 1. The zero-order valence-electron chi connectivity index (χ0n) is 16.2. The van der Waals surface area contributed by atoms with Crippen molar-refractivity contribution in [2.45, 2.75) is 38.5 Å². The Morgan fingerprint density at radius 2 is 1.78 bits per heavy atom. The Kier molecular flexibility index (Phi) is 7.14. The fourth-order valence-corrected chi connectivity index (χ4v) is 3.56. The van der Waals surface area contributed by atoms with Crippen LogP contribution in [0.1, 0.15) is 48.0 Å². The Bertz CT molecular complexity index is 719. The molecule has 0 radical (unpaired) electrons. The molecule has 1 saturated heterocycles. The summed E-state index contributed by atoms with van der Waals surface area (Å²) in [5.41, 5.74) is 3.30. The average molecular weight is 367 g/mol. The molecule has 1 amide bonds. The summed E-state index contributed by atoms with van der Waals surface area (Å²) in [6.07, 6.45) is 7.22. The number of rotatable bonds is 7. The van der Waals surface area contributed by atoms with E-state index in [-0.39, 0.29) is 5.91 Å². The number of anilines is 1. The van der Waals surface area contributed by atoms with Gasteiger partial charge in [-0.15, -0.1) is 0 Å². The molecule has 0 atom stereocenters. The van der Waals surface area contributed by atoms with Gasteiger partial charge in [0, 0.05) is 30.9 Å². The quantitative estimate of drug-likeness (QED) is 0.737. The fraction of sp³-hybridized carbons (Fsp3) is 0.435. The predicted molar refractivity (Wildman–Crippen MR) is 111 cm³/mol. The van der Waals surface area contributed by atoms with Crippen molar-refractivity contribution >= 4 is 11.6 Å². The van der Waals surface area contributed by atoms with Gasteiger partial charge in [-0.2, -0.15) is 0 Å². The minimum absolute atomic E-state index is 0.0505. The molecule has 2 aromatic carbocycles. The van der Waals surface area contributed by atoms with Crippen molar-refractivity contribution < 1.29 is 9.53 Å². The van der Waals surface area contributed by atoms with Crippen LogP contribution in [-0.2, 0) is 6.42 Å². The van der Waals surface area contributed by atoms with Crippen LogP contribution >= 0.6 is 0 Å². The molecular weight excluding hydrogens is 336 g/mol. The Morgan fingerprint density at radius 3 is 2.48 bits per heavy atom. The van der Waals surface area contributed by atoms with Crippen molar-refractivity contribution in [3.8, 4) is 5.75 Å². The van der Waals surface area contributed by atoms with Gasteiger partial charge in [0.25, 0.3) is 5.91 Å². The number of carbonyl (C=O) groups excluding carboxylic acids is 1. The summed E-state index contributed by atoms with van der Waals surface area (Å²) < 4.78 is 5.17. The highest BCUT2D eigenvalue weighted by Crippen LogP contribution is 2.20. The van der Waals surface area contributed by atoms with Crippen molar-refractivity contribution in [1.29, 1.82) is 0 Å². The van der Waals surface area contributed by atoms with Gasteiger partial charge in [0.2, 0.25) is 0 Å². The molecule has 0 aliphatic carbocycles. The molecule has 0 spiro atoms. The summed E-state index contributed by atoms with van der Waals surface area (Å²) in [4.78, 5) is 14.7. The van der Waals surface area contributed by atoms with Crippen LogP contribution in [0.3, 0.4) is 0 Å². The molecule has 2 aromatic rings. The molecule has 1 fully saturated rings. The van der Waals surface area contributed by atoms with E-state index in [0.29, 0.717) is 17.9 Å². The van der Waals surface area contributed by atoms with Crippen molar-refractivity contribution in [2.24, 2.45) is 0 Å². The maximum atomic E-state index is 12.2. The van der Waals surface area contributed by atoms with Crippen LogP contribution in [0.2, 0.25) is 0 Å². The second kappa shape index (κ2) is 10.0. The topological polar surface area (TPSA) is 41.6 Å². The first-order valence-electron chi connectivity index (χ1n) is 10.0. The number of aryl methyl sites for hydroxylation is 1. The van der Waals surface area contributed by atoms with Gasteiger partial charge in [-0.05, 0) is 61.6 Å². The Hall–Kier alpha value is -2.49. The van der Waals surface area contributed by atoms with E-state index in [9.17, 15) is 4.79 Å². The molecule has 1 heterocycles. The van der Waals surface area contributed by atoms with Crippen LogP contribution in [0.5, 0.6) is 5.75 Å². The molecular formula is C23H30N2O2. The second-order valence-corrected chi connectivity index (χ2v) is 7.16. The van der Waals surface area contributed by atoms with Crippen molar-refractivity contribution in [1.82, 2.24) is 5.32 Å². The zero-order valence-corrected chi connectivity index (χ0v) is 16.2. The van der Waals surface area contributed by atoms with Crippen LogP contribution < -0.4 is 15.0 Å². The molecule has 3 rings (SSSR count). The molecule has 0 unspecified atom stereocenters. The first-order valence-corrected chi connectivity index (χ1v) is 10.0. The van der Waals surface area contributed by atoms with E-state index in [0.717, 1.165) is 12.8 Å². The molecule has 0 aromatic heterocycles. The largest absolute Gasteiger partial charge is 0.497 e. The number of nitrogens with one attached hydrogen (secondary N) is 1. The minimum Gasteiger partial charge on any atom is -0.497 e. The summed E-state index contributed by atoms with van der Waals surface area (Å²) in [6.45, 7) is 3.02. The van der Waals surface area contributed by atoms with E-state index in [2.05, 4.69) is 34.5 Å². The predicted octanol–water partition coefficient (Wildman–Crippen LogP) is 4.44. The van der Waals surface area contributed by atoms with Crippen LogP contribution in [0, 0.1) is 0 Å². The fourth-order valence-electron chi connectivity index (χ4n) is 3.56. The van der Waals surface area contributed by atoms with Crippen LogP contribution in [0.15, 0.2) is 48.5 Å². The average Bonchev–Trinajstić information content (AvgIpc) is 3.01. The van der Waals surface area contributed by atoms with Gasteiger partial charge in [0.05, 0.1) is 7.11 Å². The van der Waals surface area contributed by atoms with Crippen LogP contribution in [0.4, 0.5) is 5.69 Å². The monoisotopic (exact) mass is 366 g/mol. The van der Waals surface area contributed by atoms with E-state index >= 15 is 0 Å². The normalized spacial score (nSPS) is 14.5. The molecule has 144 valence electrons. The summed E-state index contributed by atoms with van der Waals surface area (Å²) in [6, 6.07) is 16.2. The summed E-state index contributed by atoms with van der Waals surface area (Å²) in [5, 5.41) is 2.99. The molecule has 27 heavy (non-hydrogen) atoms. The lowest BCUT2D eigenvalue weighted by Gasteiger charge is -2.22. The third kappa shape index (κ3) is 5.75. The standard InChI is InChI=1S/C23H30N2O2/c1-27-22-10-6-9-20(18-22)23(26)24-15-7-8-19-11-13-21(14-12-19)25-16-4-2-3-5-17-25/h6,9-14,18H,2-5,7-8,15-17H2,1H3,(H,24,26). The van der Waals surface area contributed by atoms with E-state index in [1.807, 2.05) is 12.1 Å². The zero-order chi connectivity index (χ0) is 18.9. The smallest absolute Gasteiger partial charge is 0.251 e. The highest BCUT2D eigenvalue weighted by atomic mass is 16.5. The first kappa shape index (κ1) is 19.3. The SMILES string of the molecule is COc1cccc(C(=O)NCCCc2ccc(N3CCCCCC3)cc2)c1. The molecule has 1 aliphatic heterocycles. The lowest BCUT2D eigenvalue weighted by atomic mass is 10.1. The number of carbonyl (C=O) groups is 1. The lowest BCUT2D eigenvalue weighted by molar-refractivity contribution is 0.0953. The van der Waals surface area contributed by atoms with Gasteiger partial charge in [-0.3, -0.25) is 4.79 Å². The van der Waals surface area contributed by atoms with Gasteiger partial charge in [0.15, 0.2) is 0 Å². The number of hydrogen-bond acceptors (Lipinski definition) is 3. The van der Waals surface area contributed by atoms with Crippen LogP contribution in [-0.4, -0.2) is 32.7 Å². The van der Waals surface area contributed by atoms with Crippen LogP contribution in [0.25, 0.3) is 0 Å². The molecule has 4 nitrogen and oxygen atoms in total. The van der Waals surface area contributed by atoms with E-state index < -0.39 is 0 Å². The summed E-state index contributed by atoms with van der Waals surface area (Å²) in [5.74, 6) is 0.651. The lowest BCUT2D eigenvalue weighted by Crippen LogP contribution is -2.24. The minimum atomic E-state index is -0.0505.